The first-order chi connectivity index (χ1) is 11.6. The lowest BCUT2D eigenvalue weighted by Gasteiger charge is -2.24. The Kier molecular flexibility index (Phi) is 6.44. The highest BCUT2D eigenvalue weighted by Crippen LogP contribution is 2.22. The summed E-state index contributed by atoms with van der Waals surface area (Å²) in [5.41, 5.74) is 6.58. The summed E-state index contributed by atoms with van der Waals surface area (Å²) >= 11 is 0. The second kappa shape index (κ2) is 8.35. The monoisotopic (exact) mass is 368 g/mol. The summed E-state index contributed by atoms with van der Waals surface area (Å²) in [5, 5.41) is 11.5. The van der Waals surface area contributed by atoms with Crippen LogP contribution in [0.1, 0.15) is 23.9 Å². The number of hydrogen-bond donors (Lipinski definition) is 1. The summed E-state index contributed by atoms with van der Waals surface area (Å²) in [6.07, 6.45) is 1.33. The van der Waals surface area contributed by atoms with Crippen molar-refractivity contribution >= 4 is 18.3 Å². The first-order valence-electron chi connectivity index (χ1n) is 8.06. The Bertz CT molecular complexity index is 707. The van der Waals surface area contributed by atoms with Crippen LogP contribution in [0.3, 0.4) is 0 Å². The molecule has 0 bridgehead atoms. The molecule has 1 aliphatic heterocycles. The highest BCUT2D eigenvalue weighted by molar-refractivity contribution is 5.85. The molecular formula is C16H22ClFN6O. The fourth-order valence-electron chi connectivity index (χ4n) is 3.08. The molecule has 1 saturated heterocycles. The number of carbonyl (C=O) groups excluding carboxylic acids is 1. The second-order valence-electron chi connectivity index (χ2n) is 6.19. The van der Waals surface area contributed by atoms with Crippen molar-refractivity contribution in [3.8, 4) is 0 Å². The average molecular weight is 369 g/mol. The van der Waals surface area contributed by atoms with Crippen molar-refractivity contribution in [1.82, 2.24) is 25.1 Å². The minimum absolute atomic E-state index is 0. The van der Waals surface area contributed by atoms with E-state index in [4.69, 9.17) is 5.73 Å². The highest BCUT2D eigenvalue weighted by atomic mass is 35.5. The Morgan fingerprint density at radius 2 is 2.12 bits per heavy atom. The van der Waals surface area contributed by atoms with Crippen LogP contribution in [-0.4, -0.2) is 50.6 Å². The molecule has 1 aliphatic rings. The SMILES string of the molecule is Cc1nnnn1C(Cc1ccc(F)cc1)C(=O)N1CCC(CN)C1.Cl. The van der Waals surface area contributed by atoms with Crippen molar-refractivity contribution in [2.75, 3.05) is 19.6 Å². The van der Waals surface area contributed by atoms with Crippen molar-refractivity contribution in [3.63, 3.8) is 0 Å². The summed E-state index contributed by atoms with van der Waals surface area (Å²) in [6, 6.07) is 5.61. The molecule has 0 radical (unpaired) electrons. The zero-order chi connectivity index (χ0) is 17.1. The standard InChI is InChI=1S/C16H21FN6O.ClH/c1-11-19-20-21-23(11)15(8-12-2-4-14(17)5-3-12)16(24)22-7-6-13(9-18)10-22;/h2-5,13,15H,6-10,18H2,1H3;1H. The lowest BCUT2D eigenvalue weighted by atomic mass is 10.0. The van der Waals surface area contributed by atoms with Crippen molar-refractivity contribution in [2.45, 2.75) is 25.8 Å². The number of likely N-dealkylation sites (tertiary alicyclic amines) is 1. The molecular weight excluding hydrogens is 347 g/mol. The highest BCUT2D eigenvalue weighted by Gasteiger charge is 2.32. The van der Waals surface area contributed by atoms with Gasteiger partial charge < -0.3 is 10.6 Å². The van der Waals surface area contributed by atoms with Gasteiger partial charge in [-0.05, 0) is 53.9 Å². The Balaban J connectivity index is 0.00000225. The van der Waals surface area contributed by atoms with E-state index in [0.717, 1.165) is 12.0 Å². The number of halogens is 2. The van der Waals surface area contributed by atoms with E-state index >= 15 is 0 Å². The van der Waals surface area contributed by atoms with E-state index in [1.807, 2.05) is 4.90 Å². The van der Waals surface area contributed by atoms with Gasteiger partial charge in [-0.25, -0.2) is 9.07 Å². The maximum Gasteiger partial charge on any atom is 0.247 e. The summed E-state index contributed by atoms with van der Waals surface area (Å²) in [4.78, 5) is 14.8. The third-order valence-corrected chi connectivity index (χ3v) is 4.51. The Labute approximate surface area is 151 Å². The van der Waals surface area contributed by atoms with E-state index in [1.165, 1.54) is 12.1 Å². The number of aromatic nitrogens is 4. The van der Waals surface area contributed by atoms with Crippen LogP contribution in [0.4, 0.5) is 4.39 Å². The lowest BCUT2D eigenvalue weighted by Crippen LogP contribution is -2.38. The van der Waals surface area contributed by atoms with Crippen LogP contribution in [0, 0.1) is 18.7 Å². The minimum Gasteiger partial charge on any atom is -0.340 e. The first-order valence-corrected chi connectivity index (χ1v) is 8.06. The fourth-order valence-corrected chi connectivity index (χ4v) is 3.08. The molecule has 1 aromatic heterocycles. The van der Waals surface area contributed by atoms with Gasteiger partial charge in [-0.15, -0.1) is 17.5 Å². The van der Waals surface area contributed by atoms with Gasteiger partial charge in [0.2, 0.25) is 5.91 Å². The molecule has 2 atom stereocenters. The van der Waals surface area contributed by atoms with Crippen LogP contribution in [0.5, 0.6) is 0 Å². The normalized spacial score (nSPS) is 18.0. The van der Waals surface area contributed by atoms with Gasteiger partial charge in [-0.2, -0.15) is 0 Å². The Hall–Kier alpha value is -2.06. The van der Waals surface area contributed by atoms with Gasteiger partial charge in [-0.1, -0.05) is 12.1 Å². The van der Waals surface area contributed by atoms with Crippen molar-refractivity contribution in [1.29, 1.82) is 0 Å². The van der Waals surface area contributed by atoms with Crippen molar-refractivity contribution in [2.24, 2.45) is 11.7 Å². The predicted molar refractivity (Wildman–Crippen MR) is 92.7 cm³/mol. The molecule has 2 N–H and O–H groups in total. The smallest absolute Gasteiger partial charge is 0.247 e. The third kappa shape index (κ3) is 4.32. The molecule has 25 heavy (non-hydrogen) atoms. The number of benzene rings is 1. The number of carbonyl (C=O) groups is 1. The molecule has 136 valence electrons. The first kappa shape index (κ1) is 19.3. The Morgan fingerprint density at radius 1 is 1.40 bits per heavy atom. The molecule has 2 heterocycles. The second-order valence-corrected chi connectivity index (χ2v) is 6.19. The van der Waals surface area contributed by atoms with Gasteiger partial charge in [0.15, 0.2) is 0 Å². The molecule has 2 aromatic rings. The minimum atomic E-state index is -0.540. The fraction of sp³-hybridized carbons (Fsp3) is 0.500. The predicted octanol–water partition coefficient (Wildman–Crippen LogP) is 1.13. The van der Waals surface area contributed by atoms with E-state index < -0.39 is 6.04 Å². The van der Waals surface area contributed by atoms with Crippen LogP contribution >= 0.6 is 12.4 Å². The molecule has 0 spiro atoms. The summed E-state index contributed by atoms with van der Waals surface area (Å²) < 4.78 is 14.7. The van der Waals surface area contributed by atoms with E-state index in [-0.39, 0.29) is 24.1 Å². The average Bonchev–Trinajstić information content (AvgIpc) is 3.22. The van der Waals surface area contributed by atoms with Crippen LogP contribution < -0.4 is 5.73 Å². The van der Waals surface area contributed by atoms with E-state index in [0.29, 0.717) is 37.8 Å². The molecule has 7 nitrogen and oxygen atoms in total. The van der Waals surface area contributed by atoms with Gasteiger partial charge >= 0.3 is 0 Å². The van der Waals surface area contributed by atoms with Crippen LogP contribution in [0.2, 0.25) is 0 Å². The van der Waals surface area contributed by atoms with Crippen LogP contribution in [0.25, 0.3) is 0 Å². The number of aryl methyl sites for hydroxylation is 1. The molecule has 0 saturated carbocycles. The van der Waals surface area contributed by atoms with E-state index in [2.05, 4.69) is 15.5 Å². The quantitative estimate of drug-likeness (QED) is 0.854. The van der Waals surface area contributed by atoms with Crippen LogP contribution in [0.15, 0.2) is 24.3 Å². The molecule has 1 aromatic carbocycles. The summed E-state index contributed by atoms with van der Waals surface area (Å²) in [5.74, 6) is 0.594. The molecule has 1 fully saturated rings. The number of rotatable bonds is 5. The number of tetrazole rings is 1. The van der Waals surface area contributed by atoms with Crippen molar-refractivity contribution < 1.29 is 9.18 Å². The third-order valence-electron chi connectivity index (χ3n) is 4.51. The summed E-state index contributed by atoms with van der Waals surface area (Å²) in [6.45, 7) is 3.70. The zero-order valence-electron chi connectivity index (χ0n) is 14.0. The van der Waals surface area contributed by atoms with Gasteiger partial charge in [-0.3, -0.25) is 4.79 Å². The maximum absolute atomic E-state index is 13.1. The molecule has 2 unspecified atom stereocenters. The Morgan fingerprint density at radius 3 is 2.68 bits per heavy atom. The van der Waals surface area contributed by atoms with Gasteiger partial charge in [0.1, 0.15) is 17.7 Å². The number of hydrogen-bond acceptors (Lipinski definition) is 5. The number of nitrogens with zero attached hydrogens (tertiary/aromatic N) is 5. The van der Waals surface area contributed by atoms with E-state index in [1.54, 1.807) is 23.7 Å². The molecule has 9 heteroatoms. The van der Waals surface area contributed by atoms with Gasteiger partial charge in [0, 0.05) is 19.5 Å². The van der Waals surface area contributed by atoms with Crippen LogP contribution in [-0.2, 0) is 11.2 Å². The number of amides is 1. The van der Waals surface area contributed by atoms with Crippen molar-refractivity contribution in [3.05, 3.63) is 41.5 Å². The molecule has 3 rings (SSSR count). The van der Waals surface area contributed by atoms with Gasteiger partial charge in [0.25, 0.3) is 0 Å². The molecule has 1 amide bonds. The summed E-state index contributed by atoms with van der Waals surface area (Å²) in [7, 11) is 0. The molecule has 0 aliphatic carbocycles. The zero-order valence-corrected chi connectivity index (χ0v) is 14.8. The largest absolute Gasteiger partial charge is 0.340 e. The number of nitrogens with two attached hydrogens (primary N) is 1. The lowest BCUT2D eigenvalue weighted by molar-refractivity contribution is -0.134. The topological polar surface area (TPSA) is 89.9 Å². The van der Waals surface area contributed by atoms with Gasteiger partial charge in [0.05, 0.1) is 0 Å². The maximum atomic E-state index is 13.1. The van der Waals surface area contributed by atoms with E-state index in [9.17, 15) is 9.18 Å².